The lowest BCUT2D eigenvalue weighted by Crippen LogP contribution is -2.46. The maximum Gasteiger partial charge on any atom is 0.440 e. The van der Waals surface area contributed by atoms with E-state index in [0.29, 0.717) is 22.2 Å². The number of rotatable bonds is 7. The average molecular weight is 602 g/mol. The number of pyridine rings is 1. The smallest absolute Gasteiger partial charge is 0.410 e. The van der Waals surface area contributed by atoms with Crippen LogP contribution in [0.1, 0.15) is 28.8 Å². The van der Waals surface area contributed by atoms with Gasteiger partial charge in [-0.3, -0.25) is 4.79 Å². The highest BCUT2D eigenvalue weighted by Crippen LogP contribution is 2.44. The number of hydrogen-bond donors (Lipinski definition) is 1. The zero-order valence-electron chi connectivity index (χ0n) is 19.6. The van der Waals surface area contributed by atoms with Crippen LogP contribution in [0.15, 0.2) is 24.7 Å². The number of halogens is 10. The van der Waals surface area contributed by atoms with Crippen LogP contribution >= 0.6 is 11.6 Å². The quantitative estimate of drug-likeness (QED) is 0.302. The second kappa shape index (κ2) is 9.57. The van der Waals surface area contributed by atoms with Gasteiger partial charge in [0.2, 0.25) is 0 Å². The number of hydrogen-bond acceptors (Lipinski definition) is 6. The van der Waals surface area contributed by atoms with Crippen LogP contribution in [0.5, 0.6) is 5.88 Å². The molecule has 1 atom stereocenters. The number of ether oxygens (including phenoxy) is 1. The molecule has 0 bridgehead atoms. The molecule has 9 nitrogen and oxygen atoms in total. The zero-order chi connectivity index (χ0) is 29.8. The third-order valence-electron chi connectivity index (χ3n) is 5.62. The minimum atomic E-state index is -6.15. The average Bonchev–Trinajstić information content (AvgIpc) is 3.29. The van der Waals surface area contributed by atoms with Crippen molar-refractivity contribution in [1.29, 1.82) is 5.26 Å². The first-order valence-corrected chi connectivity index (χ1v) is 11.1. The van der Waals surface area contributed by atoms with Gasteiger partial charge >= 0.3 is 18.5 Å². The first kappa shape index (κ1) is 29.0. The van der Waals surface area contributed by atoms with E-state index in [1.165, 1.54) is 6.07 Å². The summed E-state index contributed by atoms with van der Waals surface area (Å²) in [6.07, 6.45) is -18.5. The molecule has 3 aromatic rings. The molecule has 1 aliphatic carbocycles. The maximum atomic E-state index is 13.9. The molecule has 1 fully saturated rings. The number of alkyl halides is 9. The summed E-state index contributed by atoms with van der Waals surface area (Å²) in [7, 11) is 0.822. The molecule has 1 unspecified atom stereocenters. The highest BCUT2D eigenvalue weighted by atomic mass is 35.5. The molecular weight excluding hydrogens is 589 g/mol. The number of nitrogens with one attached hydrogen (secondary N) is 1. The van der Waals surface area contributed by atoms with E-state index in [1.807, 2.05) is 6.07 Å². The van der Waals surface area contributed by atoms with Gasteiger partial charge in [-0.2, -0.15) is 45.5 Å². The third-order valence-corrected chi connectivity index (χ3v) is 5.92. The molecule has 3 heterocycles. The van der Waals surface area contributed by atoms with Crippen molar-refractivity contribution in [2.75, 3.05) is 0 Å². The molecule has 4 rings (SSSR count). The molecule has 1 aliphatic rings. The van der Waals surface area contributed by atoms with Gasteiger partial charge in [-0.05, 0) is 18.9 Å². The van der Waals surface area contributed by atoms with Gasteiger partial charge in [0.1, 0.15) is 10.7 Å². The van der Waals surface area contributed by atoms with Gasteiger partial charge in [0.15, 0.2) is 11.4 Å². The Morgan fingerprint density at radius 3 is 2.38 bits per heavy atom. The maximum absolute atomic E-state index is 13.9. The Hall–Kier alpha value is -4.01. The van der Waals surface area contributed by atoms with Crippen molar-refractivity contribution in [3.63, 3.8) is 0 Å². The molecule has 1 amide bonds. The molecule has 0 spiro atoms. The minimum Gasteiger partial charge on any atom is -0.410 e. The summed E-state index contributed by atoms with van der Waals surface area (Å²) in [5.41, 5.74) is -3.16. The SMILES string of the molecule is Cn1nc(OC(F)(F)C(F)C(F)(F)F)c(C(F)(F)F)c1-n1cc(-c2cnc(Cl)c(C(=O)NC3(C#N)CC3)c2)cn1. The van der Waals surface area contributed by atoms with Crippen molar-refractivity contribution in [2.24, 2.45) is 7.05 Å². The second-order valence-corrected chi connectivity index (χ2v) is 8.94. The predicted molar refractivity (Wildman–Crippen MR) is 115 cm³/mol. The summed E-state index contributed by atoms with van der Waals surface area (Å²) in [5, 5.41) is 18.2. The van der Waals surface area contributed by atoms with Gasteiger partial charge < -0.3 is 10.1 Å². The van der Waals surface area contributed by atoms with Gasteiger partial charge in [0, 0.05) is 30.6 Å². The lowest BCUT2D eigenvalue weighted by molar-refractivity contribution is -0.306. The molecule has 214 valence electrons. The number of aromatic nitrogens is 5. The number of aryl methyl sites for hydroxylation is 1. The van der Waals surface area contributed by atoms with E-state index in [2.05, 4.69) is 25.2 Å². The third kappa shape index (κ3) is 5.50. The van der Waals surface area contributed by atoms with E-state index in [4.69, 9.17) is 16.9 Å². The summed E-state index contributed by atoms with van der Waals surface area (Å²) in [4.78, 5) is 16.4. The van der Waals surface area contributed by atoms with Gasteiger partial charge in [-0.25, -0.2) is 18.7 Å². The number of carbonyl (C=O) groups excluding carboxylic acids is 1. The van der Waals surface area contributed by atoms with Crippen LogP contribution in [-0.4, -0.2) is 54.4 Å². The Labute approximate surface area is 222 Å². The predicted octanol–water partition coefficient (Wildman–Crippen LogP) is 5.00. The lowest BCUT2D eigenvalue weighted by Gasteiger charge is -2.22. The Morgan fingerprint density at radius 2 is 1.82 bits per heavy atom. The Balaban J connectivity index is 1.71. The van der Waals surface area contributed by atoms with Crippen LogP contribution < -0.4 is 10.1 Å². The molecule has 0 aromatic carbocycles. The highest BCUT2D eigenvalue weighted by Gasteiger charge is 2.60. The molecule has 3 aromatic heterocycles. The fraction of sp³-hybridized carbons (Fsp3) is 0.381. The summed E-state index contributed by atoms with van der Waals surface area (Å²) in [6.45, 7) is 0. The molecule has 0 radical (unpaired) electrons. The number of nitriles is 1. The van der Waals surface area contributed by atoms with E-state index < -0.39 is 53.3 Å². The van der Waals surface area contributed by atoms with Crippen molar-refractivity contribution >= 4 is 17.5 Å². The van der Waals surface area contributed by atoms with Crippen molar-refractivity contribution in [3.8, 4) is 28.9 Å². The number of nitrogens with zero attached hydrogens (tertiary/aromatic N) is 6. The summed E-state index contributed by atoms with van der Waals surface area (Å²) in [5.74, 6) is -3.85. The largest absolute Gasteiger partial charge is 0.440 e. The van der Waals surface area contributed by atoms with Crippen LogP contribution in [0.3, 0.4) is 0 Å². The van der Waals surface area contributed by atoms with Crippen LogP contribution in [0, 0.1) is 11.3 Å². The summed E-state index contributed by atoms with van der Waals surface area (Å²) in [6, 6.07) is 3.16. The van der Waals surface area contributed by atoms with Crippen LogP contribution in [0.4, 0.5) is 39.5 Å². The van der Waals surface area contributed by atoms with Gasteiger partial charge in [-0.15, -0.1) is 5.10 Å². The van der Waals surface area contributed by atoms with Crippen LogP contribution in [-0.2, 0) is 13.2 Å². The highest BCUT2D eigenvalue weighted by molar-refractivity contribution is 6.32. The van der Waals surface area contributed by atoms with Gasteiger partial charge in [-0.1, -0.05) is 11.6 Å². The van der Waals surface area contributed by atoms with E-state index in [1.54, 1.807) is 0 Å². The van der Waals surface area contributed by atoms with Crippen molar-refractivity contribution < 1.29 is 49.0 Å². The summed E-state index contributed by atoms with van der Waals surface area (Å²) >= 11 is 5.99. The topological polar surface area (TPSA) is 111 Å². The molecule has 1 N–H and O–H groups in total. The fourth-order valence-electron chi connectivity index (χ4n) is 3.47. The number of carbonyl (C=O) groups is 1. The molecule has 19 heteroatoms. The normalized spacial score (nSPS) is 15.8. The monoisotopic (exact) mass is 601 g/mol. The van der Waals surface area contributed by atoms with Crippen molar-refractivity contribution in [3.05, 3.63) is 40.9 Å². The minimum absolute atomic E-state index is 0.0302. The molecule has 0 saturated heterocycles. The summed E-state index contributed by atoms with van der Waals surface area (Å²) < 4.78 is 124. The van der Waals surface area contributed by atoms with E-state index in [-0.39, 0.29) is 21.8 Å². The zero-order valence-corrected chi connectivity index (χ0v) is 20.3. The van der Waals surface area contributed by atoms with Crippen LogP contribution in [0.25, 0.3) is 16.9 Å². The van der Waals surface area contributed by atoms with E-state index in [0.717, 1.165) is 25.6 Å². The molecular formula is C21H13ClF9N7O2. The van der Waals surface area contributed by atoms with Crippen LogP contribution in [0.2, 0.25) is 5.15 Å². The molecule has 40 heavy (non-hydrogen) atoms. The Morgan fingerprint density at radius 1 is 1.18 bits per heavy atom. The first-order valence-electron chi connectivity index (χ1n) is 10.7. The van der Waals surface area contributed by atoms with Crippen molar-refractivity contribution in [2.45, 2.75) is 43.0 Å². The van der Waals surface area contributed by atoms with E-state index >= 15 is 0 Å². The van der Waals surface area contributed by atoms with E-state index in [9.17, 15) is 44.3 Å². The fourth-order valence-corrected chi connectivity index (χ4v) is 3.66. The van der Waals surface area contributed by atoms with Gasteiger partial charge in [0.05, 0.1) is 17.8 Å². The molecule has 0 aliphatic heterocycles. The Bertz CT molecular complexity index is 1500. The van der Waals surface area contributed by atoms with Crippen molar-refractivity contribution in [1.82, 2.24) is 29.9 Å². The molecule has 1 saturated carbocycles. The van der Waals surface area contributed by atoms with Gasteiger partial charge in [0.25, 0.3) is 18.0 Å². The second-order valence-electron chi connectivity index (χ2n) is 8.58. The Kier molecular flexibility index (Phi) is 6.94. The lowest BCUT2D eigenvalue weighted by atomic mass is 10.1. The standard InChI is InChI=1S/C21H13ClF9N7O2/c1-37-16(12(19(24,25)26)15(36-37)40-21(30,31)17(23)20(27,28)29)38-7-10(6-34-38)9-4-11(13(22)33-5-9)14(39)35-18(8-32)2-3-18/h4-7,17H,2-3H2,1H3,(H,35,39). The first-order chi connectivity index (χ1) is 18.4. The number of amides is 1.